The van der Waals surface area contributed by atoms with Gasteiger partial charge in [-0.3, -0.25) is 0 Å². The molecule has 198 valence electrons. The van der Waals surface area contributed by atoms with Crippen molar-refractivity contribution in [3.63, 3.8) is 0 Å². The van der Waals surface area contributed by atoms with Gasteiger partial charge in [-0.15, -0.1) is 0 Å². The number of fused-ring (bicyclic) bond motifs is 3. The Morgan fingerprint density at radius 3 is 1.95 bits per heavy atom. The molecule has 0 N–H and O–H groups in total. The lowest BCUT2D eigenvalue weighted by molar-refractivity contribution is 0.208. The summed E-state index contributed by atoms with van der Waals surface area (Å²) in [6, 6.07) is 31.4. The Kier molecular flexibility index (Phi) is 6.26. The molecule has 0 radical (unpaired) electrons. The first-order valence-electron chi connectivity index (χ1n) is 15.5. The summed E-state index contributed by atoms with van der Waals surface area (Å²) < 4.78 is 0. The van der Waals surface area contributed by atoms with Gasteiger partial charge in [-0.2, -0.15) is 0 Å². The fraction of sp³-hybridized carbons (Fsp3) is 0.500. The monoisotopic (exact) mass is 504 g/mol. The van der Waals surface area contributed by atoms with Crippen molar-refractivity contribution >= 4 is 11.4 Å². The summed E-state index contributed by atoms with van der Waals surface area (Å²) in [7, 11) is 0. The molecular weight excluding hydrogens is 460 g/mol. The number of hydrogen-bond acceptors (Lipinski definition) is 2. The SMILES string of the molecule is Cc1ccccc1N1C(C2CCCCC2)N2c3ccccc3C(c3ccccc3)(C3CCCCC3)C2[C@@H]1C. The zero-order chi connectivity index (χ0) is 25.7. The Balaban J connectivity index is 1.49. The van der Waals surface area contributed by atoms with Gasteiger partial charge in [0.05, 0.1) is 6.04 Å². The average molecular weight is 505 g/mol. The van der Waals surface area contributed by atoms with Gasteiger partial charge in [-0.05, 0) is 80.2 Å². The maximum Gasteiger partial charge on any atom is 0.105 e. The first-order valence-corrected chi connectivity index (χ1v) is 15.5. The Bertz CT molecular complexity index is 1260. The van der Waals surface area contributed by atoms with Crippen LogP contribution in [0.3, 0.4) is 0 Å². The van der Waals surface area contributed by atoms with E-state index in [0.717, 1.165) is 0 Å². The molecule has 3 unspecified atom stereocenters. The van der Waals surface area contributed by atoms with Crippen LogP contribution >= 0.6 is 0 Å². The van der Waals surface area contributed by atoms with Gasteiger partial charge in [0.2, 0.25) is 0 Å². The third-order valence-corrected chi connectivity index (χ3v) is 10.8. The highest BCUT2D eigenvalue weighted by Crippen LogP contribution is 2.62. The average Bonchev–Trinajstić information content (AvgIpc) is 3.45. The van der Waals surface area contributed by atoms with E-state index in [0.29, 0.717) is 30.1 Å². The van der Waals surface area contributed by atoms with Gasteiger partial charge >= 0.3 is 0 Å². The van der Waals surface area contributed by atoms with E-state index in [1.165, 1.54) is 81.1 Å². The van der Waals surface area contributed by atoms with Crippen molar-refractivity contribution in [2.75, 3.05) is 9.80 Å². The van der Waals surface area contributed by atoms with Crippen molar-refractivity contribution in [2.24, 2.45) is 11.8 Å². The van der Waals surface area contributed by atoms with Crippen LogP contribution in [0, 0.1) is 18.8 Å². The van der Waals surface area contributed by atoms with Crippen molar-refractivity contribution in [3.8, 4) is 0 Å². The maximum absolute atomic E-state index is 2.98. The summed E-state index contributed by atoms with van der Waals surface area (Å²) in [5.74, 6) is 1.39. The maximum atomic E-state index is 2.98. The number of rotatable bonds is 4. The van der Waals surface area contributed by atoms with E-state index in [9.17, 15) is 0 Å². The summed E-state index contributed by atoms with van der Waals surface area (Å²) in [5, 5.41) is 0. The van der Waals surface area contributed by atoms with Crippen molar-refractivity contribution < 1.29 is 0 Å². The third kappa shape index (κ3) is 3.51. The first-order chi connectivity index (χ1) is 18.7. The highest BCUT2D eigenvalue weighted by molar-refractivity contribution is 5.74. The number of benzene rings is 3. The molecule has 0 spiro atoms. The summed E-state index contributed by atoms with van der Waals surface area (Å²) in [5.41, 5.74) is 7.58. The fourth-order valence-electron chi connectivity index (χ4n) is 9.42. The van der Waals surface area contributed by atoms with E-state index >= 15 is 0 Å². The molecule has 0 amide bonds. The summed E-state index contributed by atoms with van der Waals surface area (Å²) in [4.78, 5) is 5.87. The highest BCUT2D eigenvalue weighted by Gasteiger charge is 2.64. The molecule has 4 aliphatic rings. The Morgan fingerprint density at radius 1 is 0.632 bits per heavy atom. The van der Waals surface area contributed by atoms with Crippen LogP contribution in [-0.4, -0.2) is 18.2 Å². The van der Waals surface area contributed by atoms with E-state index < -0.39 is 0 Å². The highest BCUT2D eigenvalue weighted by atomic mass is 15.5. The summed E-state index contributed by atoms with van der Waals surface area (Å²) >= 11 is 0. The van der Waals surface area contributed by atoms with Gasteiger partial charge in [0.25, 0.3) is 0 Å². The second-order valence-corrected chi connectivity index (χ2v) is 12.7. The van der Waals surface area contributed by atoms with Crippen molar-refractivity contribution in [1.29, 1.82) is 0 Å². The van der Waals surface area contributed by atoms with Gasteiger partial charge in [-0.1, -0.05) is 105 Å². The van der Waals surface area contributed by atoms with Crippen LogP contribution in [0.4, 0.5) is 11.4 Å². The van der Waals surface area contributed by atoms with Crippen LogP contribution in [0.5, 0.6) is 0 Å². The van der Waals surface area contributed by atoms with E-state index in [-0.39, 0.29) is 5.41 Å². The lowest BCUT2D eigenvalue weighted by Crippen LogP contribution is -2.53. The van der Waals surface area contributed by atoms with Gasteiger partial charge in [-0.25, -0.2) is 0 Å². The quantitative estimate of drug-likeness (QED) is 0.350. The third-order valence-electron chi connectivity index (χ3n) is 10.8. The molecule has 0 bridgehead atoms. The van der Waals surface area contributed by atoms with Crippen LogP contribution in [0.25, 0.3) is 0 Å². The molecule has 2 nitrogen and oxygen atoms in total. The number of nitrogens with zero attached hydrogens (tertiary/aromatic N) is 2. The topological polar surface area (TPSA) is 6.48 Å². The second-order valence-electron chi connectivity index (χ2n) is 12.7. The second kappa shape index (κ2) is 9.78. The predicted octanol–water partition coefficient (Wildman–Crippen LogP) is 8.87. The van der Waals surface area contributed by atoms with Crippen LogP contribution in [-0.2, 0) is 5.41 Å². The molecule has 4 atom stereocenters. The van der Waals surface area contributed by atoms with Crippen molar-refractivity contribution in [3.05, 3.63) is 95.6 Å². The molecule has 2 aliphatic carbocycles. The van der Waals surface area contributed by atoms with Gasteiger partial charge in [0, 0.05) is 22.8 Å². The van der Waals surface area contributed by atoms with E-state index in [1.54, 1.807) is 11.1 Å². The molecule has 3 aromatic carbocycles. The smallest absolute Gasteiger partial charge is 0.105 e. The largest absolute Gasteiger partial charge is 0.346 e. The number of para-hydroxylation sites is 2. The summed E-state index contributed by atoms with van der Waals surface area (Å²) in [6.07, 6.45) is 14.1. The molecular formula is C36H44N2. The molecule has 38 heavy (non-hydrogen) atoms. The van der Waals surface area contributed by atoms with Crippen LogP contribution in [0.15, 0.2) is 78.9 Å². The predicted molar refractivity (Wildman–Crippen MR) is 160 cm³/mol. The molecule has 2 heterocycles. The minimum absolute atomic E-state index is 0.0298. The fourth-order valence-corrected chi connectivity index (χ4v) is 9.42. The molecule has 0 aromatic heterocycles. The van der Waals surface area contributed by atoms with Gasteiger partial charge < -0.3 is 9.80 Å². The lowest BCUT2D eigenvalue weighted by Gasteiger charge is -2.47. The number of anilines is 2. The zero-order valence-corrected chi connectivity index (χ0v) is 23.4. The first kappa shape index (κ1) is 24.3. The summed E-state index contributed by atoms with van der Waals surface area (Å²) in [6.45, 7) is 4.89. The van der Waals surface area contributed by atoms with Crippen molar-refractivity contribution in [2.45, 2.75) is 102 Å². The van der Waals surface area contributed by atoms with E-state index in [2.05, 4.69) is 103 Å². The Morgan fingerprint density at radius 2 is 1.24 bits per heavy atom. The van der Waals surface area contributed by atoms with Crippen LogP contribution in [0.1, 0.15) is 87.8 Å². The minimum Gasteiger partial charge on any atom is -0.346 e. The Hall–Kier alpha value is -2.74. The standard InChI is InChI=1S/C36H44N2/c1-26-16-12-14-24-32(26)37-27(2)34-36(29-19-8-4-9-20-29,30-21-10-5-11-22-30)31-23-13-15-25-33(31)38(34)35(37)28-17-6-3-7-18-28/h4,8-9,12-16,19-20,23-25,27-28,30,34-35H,3,5-7,10-11,17-18,21-22H2,1-2H3/t27-,34?,35?,36?/m0/s1. The Labute approximate surface area is 230 Å². The molecule has 7 rings (SSSR count). The zero-order valence-electron chi connectivity index (χ0n) is 23.4. The molecule has 3 fully saturated rings. The van der Waals surface area contributed by atoms with Crippen molar-refractivity contribution in [1.82, 2.24) is 0 Å². The molecule has 3 aromatic rings. The number of aryl methyl sites for hydroxylation is 1. The molecule has 2 aliphatic heterocycles. The molecule has 2 heteroatoms. The van der Waals surface area contributed by atoms with Gasteiger partial charge in [0.15, 0.2) is 0 Å². The van der Waals surface area contributed by atoms with Gasteiger partial charge in [0.1, 0.15) is 6.17 Å². The minimum atomic E-state index is 0.0298. The lowest BCUT2D eigenvalue weighted by atomic mass is 9.58. The van der Waals surface area contributed by atoms with E-state index in [4.69, 9.17) is 0 Å². The van der Waals surface area contributed by atoms with E-state index in [1.807, 2.05) is 0 Å². The number of hydrogen-bond donors (Lipinski definition) is 0. The van der Waals surface area contributed by atoms with Crippen LogP contribution < -0.4 is 9.80 Å². The van der Waals surface area contributed by atoms with Crippen LogP contribution in [0.2, 0.25) is 0 Å². The molecule has 2 saturated carbocycles. The normalized spacial score (nSPS) is 29.9. The molecule has 1 saturated heterocycles.